The summed E-state index contributed by atoms with van der Waals surface area (Å²) in [6.07, 6.45) is 1.83. The van der Waals surface area contributed by atoms with E-state index in [-0.39, 0.29) is 11.9 Å². The highest BCUT2D eigenvalue weighted by Gasteiger charge is 2.29. The summed E-state index contributed by atoms with van der Waals surface area (Å²) in [5, 5.41) is 1.17. The van der Waals surface area contributed by atoms with Crippen molar-refractivity contribution in [2.24, 2.45) is 0 Å². The van der Waals surface area contributed by atoms with Gasteiger partial charge in [0.25, 0.3) is 0 Å². The van der Waals surface area contributed by atoms with Gasteiger partial charge in [0.05, 0.1) is 11.6 Å². The lowest BCUT2D eigenvalue weighted by Crippen LogP contribution is -2.49. The molecule has 2 aromatic carbocycles. The fourth-order valence-electron chi connectivity index (χ4n) is 3.80. The number of pyridine rings is 1. The minimum atomic E-state index is 0.115. The van der Waals surface area contributed by atoms with Crippen LogP contribution in [0.2, 0.25) is 0 Å². The van der Waals surface area contributed by atoms with Gasteiger partial charge in [-0.25, -0.2) is 0 Å². The molecule has 3 aromatic rings. The molecule has 1 aromatic heterocycles. The Morgan fingerprint density at radius 1 is 1.08 bits per heavy atom. The first-order valence-corrected chi connectivity index (χ1v) is 9.09. The summed E-state index contributed by atoms with van der Waals surface area (Å²) in [6.45, 7) is 5.08. The zero-order valence-electron chi connectivity index (χ0n) is 15.0. The predicted molar refractivity (Wildman–Crippen MR) is 104 cm³/mol. The van der Waals surface area contributed by atoms with Gasteiger partial charge in [0.2, 0.25) is 5.91 Å². The number of amides is 1. The Morgan fingerprint density at radius 2 is 1.92 bits per heavy atom. The summed E-state index contributed by atoms with van der Waals surface area (Å²) >= 11 is 0. The van der Waals surface area contributed by atoms with Crippen molar-refractivity contribution in [2.75, 3.05) is 19.6 Å². The molecule has 0 bridgehead atoms. The van der Waals surface area contributed by atoms with E-state index >= 15 is 0 Å². The Bertz CT molecular complexity index is 909. The summed E-state index contributed by atoms with van der Waals surface area (Å²) in [5.41, 5.74) is 3.52. The molecule has 1 amide bonds. The van der Waals surface area contributed by atoms with E-state index in [9.17, 15) is 4.79 Å². The number of fused-ring (bicyclic) bond motifs is 1. The normalized spacial score (nSPS) is 18.2. The third-order valence-electron chi connectivity index (χ3n) is 5.13. The highest BCUT2D eigenvalue weighted by Crippen LogP contribution is 2.26. The van der Waals surface area contributed by atoms with Crippen LogP contribution in [0.25, 0.3) is 10.9 Å². The summed E-state index contributed by atoms with van der Waals surface area (Å²) < 4.78 is 0. The van der Waals surface area contributed by atoms with E-state index in [0.29, 0.717) is 0 Å². The average Bonchev–Trinajstić information content (AvgIpc) is 2.68. The number of carbonyl (C=O) groups excluding carboxylic acids is 1. The van der Waals surface area contributed by atoms with Gasteiger partial charge in [-0.2, -0.15) is 0 Å². The Labute approximate surface area is 154 Å². The number of carbonyl (C=O) groups is 1. The highest BCUT2D eigenvalue weighted by atomic mass is 16.2. The molecule has 1 aliphatic heterocycles. The monoisotopic (exact) mass is 345 g/mol. The molecular weight excluding hydrogens is 322 g/mol. The molecule has 0 N–H and O–H groups in total. The van der Waals surface area contributed by atoms with Crippen LogP contribution in [-0.2, 0) is 11.3 Å². The van der Waals surface area contributed by atoms with Gasteiger partial charge in [-0.1, -0.05) is 42.5 Å². The number of piperazine rings is 1. The summed E-state index contributed by atoms with van der Waals surface area (Å²) in [4.78, 5) is 20.9. The van der Waals surface area contributed by atoms with Crippen LogP contribution in [0.4, 0.5) is 0 Å². The van der Waals surface area contributed by atoms with Crippen LogP contribution in [0, 0.1) is 0 Å². The van der Waals surface area contributed by atoms with Crippen molar-refractivity contribution < 1.29 is 4.79 Å². The van der Waals surface area contributed by atoms with E-state index in [2.05, 4.69) is 46.3 Å². The van der Waals surface area contributed by atoms with Gasteiger partial charge in [-0.15, -0.1) is 0 Å². The summed E-state index contributed by atoms with van der Waals surface area (Å²) in [7, 11) is 0. The number of hydrogen-bond acceptors (Lipinski definition) is 3. The summed E-state index contributed by atoms with van der Waals surface area (Å²) in [5.74, 6) is 0.148. The van der Waals surface area contributed by atoms with E-state index in [1.807, 2.05) is 35.4 Å². The fourth-order valence-corrected chi connectivity index (χ4v) is 3.80. The second-order valence-corrected chi connectivity index (χ2v) is 6.90. The Balaban J connectivity index is 1.54. The van der Waals surface area contributed by atoms with E-state index in [4.69, 9.17) is 0 Å². The van der Waals surface area contributed by atoms with Crippen LogP contribution < -0.4 is 0 Å². The van der Waals surface area contributed by atoms with Crippen molar-refractivity contribution in [3.8, 4) is 0 Å². The van der Waals surface area contributed by atoms with Gasteiger partial charge in [-0.05, 0) is 29.3 Å². The van der Waals surface area contributed by atoms with Gasteiger partial charge in [0.15, 0.2) is 0 Å². The number of hydrogen-bond donors (Lipinski definition) is 0. The van der Waals surface area contributed by atoms with E-state index in [0.717, 1.165) is 31.7 Å². The van der Waals surface area contributed by atoms with Gasteiger partial charge < -0.3 is 4.90 Å². The third kappa shape index (κ3) is 3.46. The standard InChI is InChI=1S/C22H23N3O/c1-17(26)25-13-12-24(16-22(25)19-6-3-2-4-7-19)15-18-9-10-21-20(14-18)8-5-11-23-21/h2-11,14,22H,12-13,15-16H2,1H3. The van der Waals surface area contributed by atoms with Crippen molar-refractivity contribution in [2.45, 2.75) is 19.5 Å². The number of aromatic nitrogens is 1. The van der Waals surface area contributed by atoms with Crippen molar-refractivity contribution in [1.82, 2.24) is 14.8 Å². The Hall–Kier alpha value is -2.72. The molecule has 0 aliphatic carbocycles. The highest BCUT2D eigenvalue weighted by molar-refractivity contribution is 5.78. The molecule has 1 fully saturated rings. The Kier molecular flexibility index (Phi) is 4.67. The van der Waals surface area contributed by atoms with Crippen LogP contribution >= 0.6 is 0 Å². The first-order valence-electron chi connectivity index (χ1n) is 9.09. The molecule has 4 rings (SSSR count). The van der Waals surface area contributed by atoms with Crippen LogP contribution in [0.1, 0.15) is 24.1 Å². The molecular formula is C22H23N3O. The number of benzene rings is 2. The minimum absolute atomic E-state index is 0.115. The quantitative estimate of drug-likeness (QED) is 0.727. The maximum Gasteiger partial charge on any atom is 0.220 e. The van der Waals surface area contributed by atoms with Crippen molar-refractivity contribution in [3.63, 3.8) is 0 Å². The molecule has 4 nitrogen and oxygen atoms in total. The second kappa shape index (κ2) is 7.26. The van der Waals surface area contributed by atoms with E-state index < -0.39 is 0 Å². The second-order valence-electron chi connectivity index (χ2n) is 6.90. The lowest BCUT2D eigenvalue weighted by atomic mass is 10.0. The average molecular weight is 345 g/mol. The first kappa shape index (κ1) is 16.7. The van der Waals surface area contributed by atoms with Crippen LogP contribution in [0.3, 0.4) is 0 Å². The molecule has 2 heterocycles. The van der Waals surface area contributed by atoms with Gasteiger partial charge in [0.1, 0.15) is 0 Å². The van der Waals surface area contributed by atoms with Crippen LogP contribution in [0.15, 0.2) is 66.9 Å². The van der Waals surface area contributed by atoms with Crippen molar-refractivity contribution >= 4 is 16.8 Å². The molecule has 1 unspecified atom stereocenters. The van der Waals surface area contributed by atoms with Gasteiger partial charge in [-0.3, -0.25) is 14.7 Å². The lowest BCUT2D eigenvalue weighted by molar-refractivity contribution is -0.134. The third-order valence-corrected chi connectivity index (χ3v) is 5.13. The number of rotatable bonds is 3. The minimum Gasteiger partial charge on any atom is -0.333 e. The molecule has 26 heavy (non-hydrogen) atoms. The molecule has 1 aliphatic rings. The largest absolute Gasteiger partial charge is 0.333 e. The fraction of sp³-hybridized carbons (Fsp3) is 0.273. The number of nitrogens with zero attached hydrogens (tertiary/aromatic N) is 3. The molecule has 132 valence electrons. The maximum absolute atomic E-state index is 12.1. The van der Waals surface area contributed by atoms with Crippen molar-refractivity contribution in [1.29, 1.82) is 0 Å². The molecule has 0 saturated carbocycles. The maximum atomic E-state index is 12.1. The molecule has 0 radical (unpaired) electrons. The smallest absolute Gasteiger partial charge is 0.220 e. The zero-order valence-corrected chi connectivity index (χ0v) is 15.0. The van der Waals surface area contributed by atoms with Gasteiger partial charge >= 0.3 is 0 Å². The molecule has 4 heteroatoms. The molecule has 1 atom stereocenters. The lowest BCUT2D eigenvalue weighted by Gasteiger charge is -2.41. The SMILES string of the molecule is CC(=O)N1CCN(Cc2ccc3ncccc3c2)CC1c1ccccc1. The predicted octanol–water partition coefficient (Wildman–Crippen LogP) is 3.64. The topological polar surface area (TPSA) is 36.4 Å². The summed E-state index contributed by atoms with van der Waals surface area (Å²) in [6, 6.07) is 21.0. The molecule has 1 saturated heterocycles. The van der Waals surface area contributed by atoms with Crippen LogP contribution in [-0.4, -0.2) is 40.3 Å². The Morgan fingerprint density at radius 3 is 2.73 bits per heavy atom. The van der Waals surface area contributed by atoms with E-state index in [1.165, 1.54) is 16.5 Å². The molecule has 0 spiro atoms. The van der Waals surface area contributed by atoms with E-state index in [1.54, 1.807) is 6.92 Å². The van der Waals surface area contributed by atoms with Gasteiger partial charge in [0, 0.05) is 44.7 Å². The zero-order chi connectivity index (χ0) is 17.9. The van der Waals surface area contributed by atoms with Crippen molar-refractivity contribution in [3.05, 3.63) is 78.0 Å². The first-order chi connectivity index (χ1) is 12.7. The van der Waals surface area contributed by atoms with Crippen LogP contribution in [0.5, 0.6) is 0 Å².